The number of nitrogens with one attached hydrogen (secondary N) is 1. The summed E-state index contributed by atoms with van der Waals surface area (Å²) < 4.78 is 6.27. The third-order valence-electron chi connectivity index (χ3n) is 2.25. The van der Waals surface area contributed by atoms with Gasteiger partial charge in [0.25, 0.3) is 0 Å². The minimum absolute atomic E-state index is 0.0264. The van der Waals surface area contributed by atoms with E-state index in [1.54, 1.807) is 0 Å². The van der Waals surface area contributed by atoms with Gasteiger partial charge in [-0.25, -0.2) is 4.79 Å². The van der Waals surface area contributed by atoms with Gasteiger partial charge < -0.3 is 10.1 Å². The van der Waals surface area contributed by atoms with Crippen molar-refractivity contribution < 1.29 is 9.53 Å². The Bertz CT molecular complexity index is 413. The van der Waals surface area contributed by atoms with E-state index in [0.29, 0.717) is 0 Å². The number of benzene rings is 1. The normalized spacial score (nSPS) is 12.9. The Morgan fingerprint density at radius 2 is 2.00 bits per heavy atom. The van der Waals surface area contributed by atoms with Crippen LogP contribution in [0.3, 0.4) is 0 Å². The summed E-state index contributed by atoms with van der Waals surface area (Å²) in [5.41, 5.74) is 0.706. The van der Waals surface area contributed by atoms with Crippen molar-refractivity contribution in [2.75, 3.05) is 0 Å². The second kappa shape index (κ2) is 6.23. The maximum atomic E-state index is 11.6. The number of amides is 1. The summed E-state index contributed by atoms with van der Waals surface area (Å²) >= 11 is 3.50. The average Bonchev–Trinajstić information content (AvgIpc) is 2.18. The van der Waals surface area contributed by atoms with Crippen LogP contribution in [0.2, 0.25) is 0 Å². The van der Waals surface area contributed by atoms with Crippen LogP contribution in [0.4, 0.5) is 4.79 Å². The van der Waals surface area contributed by atoms with Gasteiger partial charge in [0.15, 0.2) is 0 Å². The minimum Gasteiger partial charge on any atom is -0.444 e. The van der Waals surface area contributed by atoms with Gasteiger partial charge in [0.1, 0.15) is 5.60 Å². The molecule has 0 saturated heterocycles. The Balaban J connectivity index is 2.50. The summed E-state index contributed by atoms with van der Waals surface area (Å²) in [6.07, 6.45) is 0.391. The fourth-order valence-corrected chi connectivity index (χ4v) is 2.00. The molecule has 1 unspecified atom stereocenters. The fourth-order valence-electron chi connectivity index (χ4n) is 1.55. The molecule has 0 aliphatic rings. The zero-order valence-electron chi connectivity index (χ0n) is 11.3. The molecule has 0 aromatic heterocycles. The standard InChI is InChI=1S/C14H20BrNO2/c1-10(16-13(17)18-14(2,3)4)9-11-7-5-6-8-12(11)15/h5-8,10H,9H2,1-4H3,(H,16,17). The first-order valence-electron chi connectivity index (χ1n) is 6.01. The first-order chi connectivity index (χ1) is 8.28. The van der Waals surface area contributed by atoms with Gasteiger partial charge in [0.05, 0.1) is 0 Å². The Hall–Kier alpha value is -1.03. The fraction of sp³-hybridized carbons (Fsp3) is 0.500. The number of hydrogen-bond acceptors (Lipinski definition) is 2. The molecule has 0 aliphatic carbocycles. The van der Waals surface area contributed by atoms with E-state index in [-0.39, 0.29) is 12.1 Å². The Morgan fingerprint density at radius 3 is 2.56 bits per heavy atom. The van der Waals surface area contributed by atoms with E-state index in [9.17, 15) is 4.79 Å². The van der Waals surface area contributed by atoms with Gasteiger partial charge in [0.2, 0.25) is 0 Å². The molecule has 0 aliphatic heterocycles. The molecule has 1 N–H and O–H groups in total. The average molecular weight is 314 g/mol. The molecule has 0 bridgehead atoms. The molecule has 0 heterocycles. The summed E-state index contributed by atoms with van der Waals surface area (Å²) in [5.74, 6) is 0. The lowest BCUT2D eigenvalue weighted by Crippen LogP contribution is -2.38. The Labute approximate surface area is 117 Å². The van der Waals surface area contributed by atoms with Crippen LogP contribution < -0.4 is 5.32 Å². The number of carbonyl (C=O) groups excluding carboxylic acids is 1. The van der Waals surface area contributed by atoms with Crippen molar-refractivity contribution in [1.82, 2.24) is 5.32 Å². The van der Waals surface area contributed by atoms with Crippen LogP contribution in [0.25, 0.3) is 0 Å². The summed E-state index contributed by atoms with van der Waals surface area (Å²) in [6, 6.07) is 8.02. The lowest BCUT2D eigenvalue weighted by Gasteiger charge is -2.22. The van der Waals surface area contributed by atoms with Gasteiger partial charge in [-0.3, -0.25) is 0 Å². The number of carbonyl (C=O) groups is 1. The first kappa shape index (κ1) is 15.0. The number of alkyl carbamates (subject to hydrolysis) is 1. The number of hydrogen-bond donors (Lipinski definition) is 1. The van der Waals surface area contributed by atoms with Crippen molar-refractivity contribution >= 4 is 22.0 Å². The van der Waals surface area contributed by atoms with Crippen molar-refractivity contribution in [1.29, 1.82) is 0 Å². The summed E-state index contributed by atoms with van der Waals surface area (Å²) in [7, 11) is 0. The molecule has 1 atom stereocenters. The van der Waals surface area contributed by atoms with Crippen molar-refractivity contribution in [3.05, 3.63) is 34.3 Å². The molecule has 18 heavy (non-hydrogen) atoms. The Morgan fingerprint density at radius 1 is 1.39 bits per heavy atom. The van der Waals surface area contributed by atoms with Crippen LogP contribution in [0, 0.1) is 0 Å². The summed E-state index contributed by atoms with van der Waals surface area (Å²) in [6.45, 7) is 7.52. The first-order valence-corrected chi connectivity index (χ1v) is 6.80. The van der Waals surface area contributed by atoms with Crippen LogP contribution in [0.15, 0.2) is 28.7 Å². The van der Waals surface area contributed by atoms with Crippen LogP contribution in [0.1, 0.15) is 33.3 Å². The lowest BCUT2D eigenvalue weighted by atomic mass is 10.1. The van der Waals surface area contributed by atoms with Crippen LogP contribution in [-0.4, -0.2) is 17.7 Å². The monoisotopic (exact) mass is 313 g/mol. The predicted molar refractivity (Wildman–Crippen MR) is 76.7 cm³/mol. The lowest BCUT2D eigenvalue weighted by molar-refractivity contribution is 0.0508. The quantitative estimate of drug-likeness (QED) is 0.919. The molecular weight excluding hydrogens is 294 g/mol. The minimum atomic E-state index is -0.461. The molecule has 1 rings (SSSR count). The molecular formula is C14H20BrNO2. The van der Waals surface area contributed by atoms with Gasteiger partial charge in [-0.05, 0) is 45.7 Å². The maximum absolute atomic E-state index is 11.6. The molecule has 100 valence electrons. The largest absolute Gasteiger partial charge is 0.444 e. The molecule has 4 heteroatoms. The van der Waals surface area contributed by atoms with E-state index in [1.807, 2.05) is 52.0 Å². The van der Waals surface area contributed by atoms with E-state index >= 15 is 0 Å². The number of halogens is 1. The highest BCUT2D eigenvalue weighted by Gasteiger charge is 2.17. The highest BCUT2D eigenvalue weighted by Crippen LogP contribution is 2.17. The zero-order chi connectivity index (χ0) is 13.8. The van der Waals surface area contributed by atoms with Crippen molar-refractivity contribution in [3.63, 3.8) is 0 Å². The zero-order valence-corrected chi connectivity index (χ0v) is 12.9. The van der Waals surface area contributed by atoms with E-state index < -0.39 is 5.60 Å². The Kier molecular flexibility index (Phi) is 5.20. The molecule has 0 radical (unpaired) electrons. The van der Waals surface area contributed by atoms with Gasteiger partial charge in [-0.1, -0.05) is 34.1 Å². The highest BCUT2D eigenvalue weighted by molar-refractivity contribution is 9.10. The molecule has 0 saturated carbocycles. The molecule has 1 aromatic rings. The third kappa shape index (κ3) is 5.54. The predicted octanol–water partition coefficient (Wildman–Crippen LogP) is 3.90. The van der Waals surface area contributed by atoms with Crippen LogP contribution in [0.5, 0.6) is 0 Å². The molecule has 3 nitrogen and oxygen atoms in total. The molecule has 0 spiro atoms. The van der Waals surface area contributed by atoms with Crippen molar-refractivity contribution in [2.45, 2.75) is 45.8 Å². The second-order valence-corrected chi connectivity index (χ2v) is 6.20. The topological polar surface area (TPSA) is 38.3 Å². The van der Waals surface area contributed by atoms with Crippen LogP contribution >= 0.6 is 15.9 Å². The number of rotatable bonds is 3. The molecule has 1 amide bonds. The summed E-state index contributed by atoms with van der Waals surface area (Å²) in [4.78, 5) is 11.6. The smallest absolute Gasteiger partial charge is 0.407 e. The van der Waals surface area contributed by atoms with E-state index in [4.69, 9.17) is 4.74 Å². The summed E-state index contributed by atoms with van der Waals surface area (Å²) in [5, 5.41) is 2.83. The van der Waals surface area contributed by atoms with Gasteiger partial charge in [-0.2, -0.15) is 0 Å². The van der Waals surface area contributed by atoms with Crippen LogP contribution in [-0.2, 0) is 11.2 Å². The van der Waals surface area contributed by atoms with Gasteiger partial charge in [-0.15, -0.1) is 0 Å². The second-order valence-electron chi connectivity index (χ2n) is 5.34. The SMILES string of the molecule is CC(Cc1ccccc1Br)NC(=O)OC(C)(C)C. The van der Waals surface area contributed by atoms with E-state index in [2.05, 4.69) is 21.2 Å². The molecule has 1 aromatic carbocycles. The third-order valence-corrected chi connectivity index (χ3v) is 3.02. The maximum Gasteiger partial charge on any atom is 0.407 e. The molecule has 0 fully saturated rings. The van der Waals surface area contributed by atoms with Crippen molar-refractivity contribution in [3.8, 4) is 0 Å². The highest BCUT2D eigenvalue weighted by atomic mass is 79.9. The van der Waals surface area contributed by atoms with E-state index in [1.165, 1.54) is 5.56 Å². The van der Waals surface area contributed by atoms with E-state index in [0.717, 1.165) is 10.9 Å². The van der Waals surface area contributed by atoms with Gasteiger partial charge in [0, 0.05) is 10.5 Å². The number of ether oxygens (including phenoxy) is 1. The van der Waals surface area contributed by atoms with Gasteiger partial charge >= 0.3 is 6.09 Å². The van der Waals surface area contributed by atoms with Crippen molar-refractivity contribution in [2.24, 2.45) is 0 Å².